The Bertz CT molecular complexity index is 1580. The van der Waals surface area contributed by atoms with Gasteiger partial charge in [-0.15, -0.1) is 0 Å². The lowest BCUT2D eigenvalue weighted by molar-refractivity contribution is 0.102. The summed E-state index contributed by atoms with van der Waals surface area (Å²) in [5, 5.41) is 0. The van der Waals surface area contributed by atoms with Gasteiger partial charge in [0.1, 0.15) is 11.6 Å². The third-order valence-corrected chi connectivity index (χ3v) is 8.50. The van der Waals surface area contributed by atoms with Gasteiger partial charge in [-0.05, 0) is 85.9 Å². The summed E-state index contributed by atoms with van der Waals surface area (Å²) in [4.78, 5) is 14.0. The van der Waals surface area contributed by atoms with Crippen molar-refractivity contribution in [2.24, 2.45) is 0 Å². The zero-order valence-electron chi connectivity index (χ0n) is 23.7. The zero-order valence-corrected chi connectivity index (χ0v) is 23.7. The zero-order chi connectivity index (χ0) is 29.3. The average Bonchev–Trinajstić information content (AvgIpc) is 3.60. The SMILES string of the molecule is CCc1cccc(C2CC(c3ccc(F)cc3)C=C2C(=O)c2cc(F)c(F)c(CC)c2F)c1CCC1=CCC(C)=C1. The van der Waals surface area contributed by atoms with Gasteiger partial charge in [-0.2, -0.15) is 0 Å². The Morgan fingerprint density at radius 1 is 0.902 bits per heavy atom. The number of carbonyl (C=O) groups is 1. The maximum absolute atomic E-state index is 15.4. The number of benzene rings is 3. The van der Waals surface area contributed by atoms with Crippen molar-refractivity contribution < 1.29 is 22.4 Å². The Morgan fingerprint density at radius 2 is 1.66 bits per heavy atom. The fraction of sp³-hybridized carbons (Fsp3) is 0.306. The first kappa shape index (κ1) is 28.8. The molecule has 0 aromatic heterocycles. The van der Waals surface area contributed by atoms with E-state index >= 15 is 4.39 Å². The van der Waals surface area contributed by atoms with Crippen molar-refractivity contribution in [1.29, 1.82) is 0 Å². The summed E-state index contributed by atoms with van der Waals surface area (Å²) in [7, 11) is 0. The van der Waals surface area contributed by atoms with Gasteiger partial charge in [-0.1, -0.05) is 73.6 Å². The Hall–Kier alpha value is -3.73. The van der Waals surface area contributed by atoms with Crippen molar-refractivity contribution in [3.8, 4) is 0 Å². The molecule has 1 nitrogen and oxygen atoms in total. The van der Waals surface area contributed by atoms with E-state index in [1.807, 2.05) is 12.1 Å². The second-order valence-corrected chi connectivity index (χ2v) is 11.1. The van der Waals surface area contributed by atoms with E-state index in [-0.39, 0.29) is 24.1 Å². The predicted molar refractivity (Wildman–Crippen MR) is 155 cm³/mol. The molecule has 0 saturated heterocycles. The minimum atomic E-state index is -1.26. The Morgan fingerprint density at radius 3 is 2.32 bits per heavy atom. The number of hydrogen-bond acceptors (Lipinski definition) is 1. The highest BCUT2D eigenvalue weighted by Crippen LogP contribution is 2.46. The maximum Gasteiger partial charge on any atom is 0.192 e. The quantitative estimate of drug-likeness (QED) is 0.145. The molecule has 5 heteroatoms. The lowest BCUT2D eigenvalue weighted by Crippen LogP contribution is -2.15. The second kappa shape index (κ2) is 12.0. The van der Waals surface area contributed by atoms with Crippen LogP contribution in [0.5, 0.6) is 0 Å². The molecule has 2 aliphatic rings. The molecule has 0 spiro atoms. The van der Waals surface area contributed by atoms with Crippen LogP contribution in [0.3, 0.4) is 0 Å². The molecular formula is C36H34F4O. The van der Waals surface area contributed by atoms with Crippen molar-refractivity contribution in [2.75, 3.05) is 0 Å². The molecule has 2 atom stereocenters. The average molecular weight is 559 g/mol. The molecule has 3 aromatic rings. The van der Waals surface area contributed by atoms with E-state index in [9.17, 15) is 18.0 Å². The van der Waals surface area contributed by atoms with Gasteiger partial charge in [0.05, 0.1) is 5.56 Å². The van der Waals surface area contributed by atoms with E-state index in [2.05, 4.69) is 32.1 Å². The number of aryl methyl sites for hydroxylation is 1. The topological polar surface area (TPSA) is 17.1 Å². The van der Waals surface area contributed by atoms with E-state index in [0.717, 1.165) is 42.4 Å². The van der Waals surface area contributed by atoms with Crippen molar-refractivity contribution in [2.45, 2.75) is 71.1 Å². The van der Waals surface area contributed by atoms with E-state index in [1.165, 1.54) is 35.8 Å². The molecule has 41 heavy (non-hydrogen) atoms. The van der Waals surface area contributed by atoms with Crippen LogP contribution >= 0.6 is 0 Å². The van der Waals surface area contributed by atoms with Crippen LogP contribution in [0.2, 0.25) is 0 Å². The summed E-state index contributed by atoms with van der Waals surface area (Å²) >= 11 is 0. The molecular weight excluding hydrogens is 524 g/mol. The number of hydrogen-bond donors (Lipinski definition) is 0. The fourth-order valence-electron chi connectivity index (χ4n) is 6.33. The Kier molecular flexibility index (Phi) is 8.44. The summed E-state index contributed by atoms with van der Waals surface area (Å²) in [6.07, 6.45) is 10.1. The molecule has 5 rings (SSSR count). The smallest absolute Gasteiger partial charge is 0.192 e. The molecule has 2 unspecified atom stereocenters. The highest BCUT2D eigenvalue weighted by atomic mass is 19.2. The van der Waals surface area contributed by atoms with Crippen LogP contribution in [0.25, 0.3) is 0 Å². The van der Waals surface area contributed by atoms with Crippen molar-refractivity contribution in [3.63, 3.8) is 0 Å². The number of carbonyl (C=O) groups excluding carboxylic acids is 1. The lowest BCUT2D eigenvalue weighted by Gasteiger charge is -2.22. The third kappa shape index (κ3) is 5.72. The normalized spacial score (nSPS) is 18.4. The monoisotopic (exact) mass is 558 g/mol. The Balaban J connectivity index is 1.60. The molecule has 0 amide bonds. The summed E-state index contributed by atoms with van der Waals surface area (Å²) in [6.45, 7) is 5.74. The third-order valence-electron chi connectivity index (χ3n) is 8.50. The number of rotatable bonds is 9. The molecule has 0 fully saturated rings. The fourth-order valence-corrected chi connectivity index (χ4v) is 6.33. The van der Waals surface area contributed by atoms with Crippen LogP contribution in [0.4, 0.5) is 17.6 Å². The van der Waals surface area contributed by atoms with Crippen LogP contribution in [-0.2, 0) is 19.3 Å². The molecule has 0 saturated carbocycles. The molecule has 2 aliphatic carbocycles. The van der Waals surface area contributed by atoms with Gasteiger partial charge in [0.15, 0.2) is 17.4 Å². The van der Waals surface area contributed by atoms with E-state index in [1.54, 1.807) is 18.2 Å². The largest absolute Gasteiger partial charge is 0.289 e. The molecule has 0 aliphatic heterocycles. The van der Waals surface area contributed by atoms with E-state index < -0.39 is 34.4 Å². The van der Waals surface area contributed by atoms with Gasteiger partial charge >= 0.3 is 0 Å². The number of halogens is 4. The van der Waals surface area contributed by atoms with Gasteiger partial charge in [-0.25, -0.2) is 17.6 Å². The molecule has 3 aromatic carbocycles. The highest BCUT2D eigenvalue weighted by Gasteiger charge is 2.36. The van der Waals surface area contributed by atoms with E-state index in [0.29, 0.717) is 18.1 Å². The van der Waals surface area contributed by atoms with Crippen molar-refractivity contribution in [1.82, 2.24) is 0 Å². The minimum absolute atomic E-state index is 0.0805. The van der Waals surface area contributed by atoms with Crippen LogP contribution in [0.1, 0.15) is 90.0 Å². The van der Waals surface area contributed by atoms with Gasteiger partial charge in [-0.3, -0.25) is 4.79 Å². The van der Waals surface area contributed by atoms with Gasteiger partial charge in [0, 0.05) is 23.0 Å². The van der Waals surface area contributed by atoms with Crippen molar-refractivity contribution >= 4 is 5.78 Å². The summed E-state index contributed by atoms with van der Waals surface area (Å²) in [5.74, 6) is -5.12. The van der Waals surface area contributed by atoms with E-state index in [4.69, 9.17) is 0 Å². The van der Waals surface area contributed by atoms with Crippen LogP contribution < -0.4 is 0 Å². The molecule has 0 heterocycles. The summed E-state index contributed by atoms with van der Waals surface area (Å²) in [6, 6.07) is 12.9. The first-order valence-electron chi connectivity index (χ1n) is 14.4. The lowest BCUT2D eigenvalue weighted by atomic mass is 9.81. The second-order valence-electron chi connectivity index (χ2n) is 11.1. The first-order chi connectivity index (χ1) is 19.7. The number of allylic oxidation sites excluding steroid dienone is 6. The Labute approximate surface area is 239 Å². The van der Waals surface area contributed by atoms with Crippen LogP contribution in [0, 0.1) is 23.3 Å². The minimum Gasteiger partial charge on any atom is -0.289 e. The highest BCUT2D eigenvalue weighted by molar-refractivity contribution is 6.10. The molecule has 0 radical (unpaired) electrons. The molecule has 212 valence electrons. The van der Waals surface area contributed by atoms with Gasteiger partial charge in [0.2, 0.25) is 0 Å². The standard InChI is InChI=1S/C36H34F4O/c1-4-23-7-6-8-29(28(23)16-11-22-10-9-21(3)17-22)30-18-25(24-12-14-26(37)15-13-24)19-31(30)36(41)32-20-33(38)35(40)27(5-2)34(32)39/h6-8,10,12-15,17,19-20,25,30H,4-5,9,11,16,18H2,1-3H3. The van der Waals surface area contributed by atoms with Gasteiger partial charge in [0.25, 0.3) is 0 Å². The van der Waals surface area contributed by atoms with Crippen LogP contribution in [-0.4, -0.2) is 5.78 Å². The van der Waals surface area contributed by atoms with Gasteiger partial charge < -0.3 is 0 Å². The number of Topliss-reactive ketones (excluding diaryl/α,β-unsaturated/α-hetero) is 1. The summed E-state index contributed by atoms with van der Waals surface area (Å²) in [5.41, 5.74) is 6.27. The number of ketones is 1. The maximum atomic E-state index is 15.4. The predicted octanol–water partition coefficient (Wildman–Crippen LogP) is 9.66. The molecule has 0 N–H and O–H groups in total. The summed E-state index contributed by atoms with van der Waals surface area (Å²) < 4.78 is 58.0. The first-order valence-corrected chi connectivity index (χ1v) is 14.4. The van der Waals surface area contributed by atoms with Crippen LogP contribution in [0.15, 0.2) is 83.5 Å². The van der Waals surface area contributed by atoms with Crippen molar-refractivity contribution in [3.05, 3.63) is 140 Å². The molecule has 0 bridgehead atoms.